The maximum atomic E-state index is 12.3. The molecule has 0 unspecified atom stereocenters. The van der Waals surface area contributed by atoms with E-state index in [9.17, 15) is 4.79 Å². The number of nitrogens with one attached hydrogen (secondary N) is 2. The first-order valence-corrected chi connectivity index (χ1v) is 9.51. The lowest BCUT2D eigenvalue weighted by atomic mass is 10.1. The number of rotatable bonds is 3. The van der Waals surface area contributed by atoms with Crippen LogP contribution in [-0.2, 0) is 0 Å². The van der Waals surface area contributed by atoms with Crippen molar-refractivity contribution in [3.8, 4) is 10.6 Å². The van der Waals surface area contributed by atoms with Crippen molar-refractivity contribution in [2.24, 2.45) is 0 Å². The lowest BCUT2D eigenvalue weighted by Crippen LogP contribution is -2.20. The summed E-state index contributed by atoms with van der Waals surface area (Å²) in [4.78, 5) is 17.0. The van der Waals surface area contributed by atoms with Crippen LogP contribution < -0.4 is 10.6 Å². The van der Waals surface area contributed by atoms with Crippen molar-refractivity contribution in [1.29, 1.82) is 0 Å². The lowest BCUT2D eigenvalue weighted by Gasteiger charge is -2.11. The molecule has 0 saturated heterocycles. The van der Waals surface area contributed by atoms with Crippen LogP contribution in [0.4, 0.5) is 16.2 Å². The summed E-state index contributed by atoms with van der Waals surface area (Å²) in [5.74, 6) is 0. The number of hydrogen-bond acceptors (Lipinski definition) is 3. The van der Waals surface area contributed by atoms with E-state index in [-0.39, 0.29) is 6.03 Å². The molecule has 0 saturated carbocycles. The lowest BCUT2D eigenvalue weighted by molar-refractivity contribution is 0.262. The molecule has 0 atom stereocenters. The Bertz CT molecular complexity index is 1080. The Balaban J connectivity index is 1.47. The van der Waals surface area contributed by atoms with Gasteiger partial charge in [-0.15, -0.1) is 11.3 Å². The number of carbonyl (C=O) groups excluding carboxylic acids is 1. The second-order valence-corrected chi connectivity index (χ2v) is 7.49. The third-order valence-electron chi connectivity index (χ3n) is 4.32. The molecule has 0 aliphatic heterocycles. The number of aryl methyl sites for hydroxylation is 2. The number of anilines is 2. The number of nitrogens with zero attached hydrogens (tertiary/aromatic N) is 1. The topological polar surface area (TPSA) is 54.0 Å². The number of para-hydroxylation sites is 1. The Kier molecular flexibility index (Phi) is 4.60. The first kappa shape index (κ1) is 17.2. The average Bonchev–Trinajstić information content (AvgIpc) is 3.09. The summed E-state index contributed by atoms with van der Waals surface area (Å²) in [7, 11) is 0. The zero-order valence-electron chi connectivity index (χ0n) is 15.1. The van der Waals surface area contributed by atoms with E-state index in [0.717, 1.165) is 38.6 Å². The SMILES string of the molecule is Cc1ccc(C)c(NC(=O)Nc2ccc(-c3nc4ccccc4s3)cc2)c1. The van der Waals surface area contributed by atoms with E-state index in [4.69, 9.17) is 0 Å². The van der Waals surface area contributed by atoms with Crippen LogP contribution in [0, 0.1) is 13.8 Å². The Hall–Kier alpha value is -3.18. The number of carbonyl (C=O) groups is 1. The van der Waals surface area contributed by atoms with Gasteiger partial charge in [-0.1, -0.05) is 24.3 Å². The molecule has 5 heteroatoms. The highest BCUT2D eigenvalue weighted by Crippen LogP contribution is 2.30. The van der Waals surface area contributed by atoms with E-state index >= 15 is 0 Å². The molecule has 0 fully saturated rings. The summed E-state index contributed by atoms with van der Waals surface area (Å²) in [6, 6.07) is 21.6. The van der Waals surface area contributed by atoms with E-state index in [1.54, 1.807) is 11.3 Å². The number of urea groups is 1. The van der Waals surface area contributed by atoms with Gasteiger partial charge in [0.05, 0.1) is 10.2 Å². The molecule has 4 aromatic rings. The van der Waals surface area contributed by atoms with Gasteiger partial charge in [-0.2, -0.15) is 0 Å². The van der Waals surface area contributed by atoms with Crippen molar-refractivity contribution in [1.82, 2.24) is 4.98 Å². The van der Waals surface area contributed by atoms with Gasteiger partial charge < -0.3 is 10.6 Å². The minimum Gasteiger partial charge on any atom is -0.308 e. The van der Waals surface area contributed by atoms with E-state index < -0.39 is 0 Å². The van der Waals surface area contributed by atoms with Crippen molar-refractivity contribution in [2.45, 2.75) is 13.8 Å². The second-order valence-electron chi connectivity index (χ2n) is 6.46. The highest BCUT2D eigenvalue weighted by molar-refractivity contribution is 7.21. The average molecular weight is 373 g/mol. The zero-order valence-corrected chi connectivity index (χ0v) is 15.9. The molecule has 2 N–H and O–H groups in total. The van der Waals surface area contributed by atoms with Gasteiger partial charge in [0.2, 0.25) is 0 Å². The first-order chi connectivity index (χ1) is 13.1. The molecule has 0 spiro atoms. The van der Waals surface area contributed by atoms with Gasteiger partial charge in [-0.25, -0.2) is 9.78 Å². The maximum Gasteiger partial charge on any atom is 0.323 e. The third kappa shape index (κ3) is 3.83. The molecule has 3 aromatic carbocycles. The van der Waals surface area contributed by atoms with Crippen molar-refractivity contribution in [2.75, 3.05) is 10.6 Å². The Labute approximate surface area is 161 Å². The molecule has 27 heavy (non-hydrogen) atoms. The summed E-state index contributed by atoms with van der Waals surface area (Å²) in [5, 5.41) is 6.75. The monoisotopic (exact) mass is 373 g/mol. The Morgan fingerprint density at radius 3 is 2.48 bits per heavy atom. The zero-order chi connectivity index (χ0) is 18.8. The summed E-state index contributed by atoms with van der Waals surface area (Å²) >= 11 is 1.66. The van der Waals surface area contributed by atoms with Crippen LogP contribution in [0.1, 0.15) is 11.1 Å². The summed E-state index contributed by atoms with van der Waals surface area (Å²) in [6.45, 7) is 3.98. The Morgan fingerprint density at radius 2 is 1.70 bits per heavy atom. The fourth-order valence-electron chi connectivity index (χ4n) is 2.85. The predicted octanol–water partition coefficient (Wildman–Crippen LogP) is 6.22. The van der Waals surface area contributed by atoms with Crippen LogP contribution in [0.3, 0.4) is 0 Å². The van der Waals surface area contributed by atoms with Gasteiger partial charge in [0.1, 0.15) is 5.01 Å². The van der Waals surface area contributed by atoms with Crippen LogP contribution in [0.15, 0.2) is 66.7 Å². The van der Waals surface area contributed by atoms with Gasteiger partial charge in [-0.3, -0.25) is 0 Å². The Morgan fingerprint density at radius 1 is 0.926 bits per heavy atom. The van der Waals surface area contributed by atoms with E-state index in [2.05, 4.69) is 21.7 Å². The third-order valence-corrected chi connectivity index (χ3v) is 5.41. The van der Waals surface area contributed by atoms with Crippen LogP contribution in [0.25, 0.3) is 20.8 Å². The van der Waals surface area contributed by atoms with Gasteiger partial charge in [-0.05, 0) is 67.4 Å². The maximum absolute atomic E-state index is 12.3. The molecule has 0 aliphatic carbocycles. The number of aromatic nitrogens is 1. The van der Waals surface area contributed by atoms with Gasteiger partial charge in [0, 0.05) is 16.9 Å². The van der Waals surface area contributed by atoms with Gasteiger partial charge >= 0.3 is 6.03 Å². The van der Waals surface area contributed by atoms with Crippen LogP contribution in [0.5, 0.6) is 0 Å². The number of benzene rings is 3. The molecule has 1 heterocycles. The van der Waals surface area contributed by atoms with Crippen molar-refractivity contribution < 1.29 is 4.79 Å². The normalized spacial score (nSPS) is 10.7. The molecule has 0 bridgehead atoms. The quantitative estimate of drug-likeness (QED) is 0.447. The molecule has 1 aromatic heterocycles. The number of thiazole rings is 1. The first-order valence-electron chi connectivity index (χ1n) is 8.70. The molecule has 2 amide bonds. The molecule has 4 rings (SSSR count). The fourth-order valence-corrected chi connectivity index (χ4v) is 3.82. The molecular formula is C22H19N3OS. The fraction of sp³-hybridized carbons (Fsp3) is 0.0909. The largest absolute Gasteiger partial charge is 0.323 e. The number of fused-ring (bicyclic) bond motifs is 1. The van der Waals surface area contributed by atoms with Crippen molar-refractivity contribution >= 4 is 39.0 Å². The summed E-state index contributed by atoms with van der Waals surface area (Å²) < 4.78 is 1.17. The van der Waals surface area contributed by atoms with Gasteiger partial charge in [0.25, 0.3) is 0 Å². The molecule has 0 aliphatic rings. The predicted molar refractivity (Wildman–Crippen MR) is 114 cm³/mol. The molecular weight excluding hydrogens is 354 g/mol. The van der Waals surface area contributed by atoms with Crippen LogP contribution in [0.2, 0.25) is 0 Å². The summed E-state index contributed by atoms with van der Waals surface area (Å²) in [5.41, 5.74) is 5.74. The highest BCUT2D eigenvalue weighted by Gasteiger charge is 2.08. The van der Waals surface area contributed by atoms with Crippen LogP contribution >= 0.6 is 11.3 Å². The number of amides is 2. The highest BCUT2D eigenvalue weighted by atomic mass is 32.1. The van der Waals surface area contributed by atoms with Crippen molar-refractivity contribution in [3.63, 3.8) is 0 Å². The minimum atomic E-state index is -0.253. The van der Waals surface area contributed by atoms with Gasteiger partial charge in [0.15, 0.2) is 0 Å². The second kappa shape index (κ2) is 7.21. The molecule has 0 radical (unpaired) electrons. The molecule has 134 valence electrons. The number of hydrogen-bond donors (Lipinski definition) is 2. The standard InChI is InChI=1S/C22H19N3OS/c1-14-7-8-15(2)19(13-14)25-22(26)23-17-11-9-16(10-12-17)21-24-18-5-3-4-6-20(18)27-21/h3-13H,1-2H3,(H2,23,25,26). The van der Waals surface area contributed by atoms with E-state index in [1.807, 2.05) is 74.5 Å². The van der Waals surface area contributed by atoms with E-state index in [0.29, 0.717) is 0 Å². The molecule has 4 nitrogen and oxygen atoms in total. The smallest absolute Gasteiger partial charge is 0.308 e. The summed E-state index contributed by atoms with van der Waals surface area (Å²) in [6.07, 6.45) is 0. The van der Waals surface area contributed by atoms with Crippen molar-refractivity contribution in [3.05, 3.63) is 77.9 Å². The van der Waals surface area contributed by atoms with E-state index in [1.165, 1.54) is 4.70 Å². The minimum absolute atomic E-state index is 0.253. The van der Waals surface area contributed by atoms with Crippen LogP contribution in [-0.4, -0.2) is 11.0 Å².